The van der Waals surface area contributed by atoms with Gasteiger partial charge in [-0.1, -0.05) is 6.07 Å². The molecule has 1 atom stereocenters. The summed E-state index contributed by atoms with van der Waals surface area (Å²) < 4.78 is 1.14. The van der Waals surface area contributed by atoms with Gasteiger partial charge in [0.2, 0.25) is 0 Å². The minimum Gasteiger partial charge on any atom is -0.307 e. The van der Waals surface area contributed by atoms with Gasteiger partial charge >= 0.3 is 0 Å². The van der Waals surface area contributed by atoms with Crippen molar-refractivity contribution in [1.82, 2.24) is 10.3 Å². The zero-order valence-electron chi connectivity index (χ0n) is 9.20. The summed E-state index contributed by atoms with van der Waals surface area (Å²) in [6.45, 7) is 2.01. The minimum absolute atomic E-state index is 0.161. The number of aryl methyl sites for hydroxylation is 1. The lowest BCUT2D eigenvalue weighted by Gasteiger charge is -2.15. The summed E-state index contributed by atoms with van der Waals surface area (Å²) in [6, 6.07) is 8.35. The lowest BCUT2D eigenvalue weighted by Crippen LogP contribution is -2.18. The molecule has 0 aromatic carbocycles. The smallest absolute Gasteiger partial charge is 0.0854 e. The Labute approximate surface area is 108 Å². The second-order valence-electron chi connectivity index (χ2n) is 3.56. The van der Waals surface area contributed by atoms with Gasteiger partial charge in [0.1, 0.15) is 0 Å². The van der Waals surface area contributed by atoms with Gasteiger partial charge in [-0.2, -0.15) is 0 Å². The van der Waals surface area contributed by atoms with Crippen molar-refractivity contribution in [3.63, 3.8) is 0 Å². The summed E-state index contributed by atoms with van der Waals surface area (Å²) in [5, 5.41) is 5.39. The zero-order valence-corrected chi connectivity index (χ0v) is 11.6. The number of hydrogen-bond acceptors (Lipinski definition) is 3. The molecule has 4 heteroatoms. The molecule has 2 heterocycles. The summed E-state index contributed by atoms with van der Waals surface area (Å²) >= 11 is 5.30. The standard InChI is InChI=1S/C12H13BrN2S/c1-8-4-3-5-10(15-8)11(14-2)12-9(13)6-7-16-12/h3-7,11,14H,1-2H3. The molecule has 2 aromatic rings. The average molecular weight is 297 g/mol. The van der Waals surface area contributed by atoms with Gasteiger partial charge in [0.25, 0.3) is 0 Å². The Bertz CT molecular complexity index is 481. The molecule has 0 aliphatic rings. The molecule has 0 fully saturated rings. The lowest BCUT2D eigenvalue weighted by molar-refractivity contribution is 0.677. The molecule has 0 amide bonds. The molecule has 0 spiro atoms. The highest BCUT2D eigenvalue weighted by molar-refractivity contribution is 9.10. The van der Waals surface area contributed by atoms with E-state index < -0.39 is 0 Å². The summed E-state index contributed by atoms with van der Waals surface area (Å²) in [4.78, 5) is 5.83. The van der Waals surface area contributed by atoms with Gasteiger partial charge in [0, 0.05) is 15.0 Å². The highest BCUT2D eigenvalue weighted by atomic mass is 79.9. The molecule has 1 unspecified atom stereocenters. The zero-order chi connectivity index (χ0) is 11.5. The van der Waals surface area contributed by atoms with Crippen LogP contribution >= 0.6 is 27.3 Å². The minimum atomic E-state index is 0.161. The normalized spacial score (nSPS) is 12.7. The fourth-order valence-corrected chi connectivity index (χ4v) is 3.37. The monoisotopic (exact) mass is 296 g/mol. The predicted molar refractivity (Wildman–Crippen MR) is 71.9 cm³/mol. The van der Waals surface area contributed by atoms with Crippen molar-refractivity contribution >= 4 is 27.3 Å². The number of nitrogens with one attached hydrogen (secondary N) is 1. The number of halogens is 1. The van der Waals surface area contributed by atoms with E-state index in [1.165, 1.54) is 4.88 Å². The molecule has 1 N–H and O–H groups in total. The average Bonchev–Trinajstić information content (AvgIpc) is 2.67. The summed E-state index contributed by atoms with van der Waals surface area (Å²) in [7, 11) is 1.96. The Kier molecular flexibility index (Phi) is 3.74. The molecule has 0 radical (unpaired) electrons. The quantitative estimate of drug-likeness (QED) is 0.937. The second kappa shape index (κ2) is 5.08. The third-order valence-corrected chi connectivity index (χ3v) is 4.34. The van der Waals surface area contributed by atoms with Crippen molar-refractivity contribution in [3.8, 4) is 0 Å². The third-order valence-electron chi connectivity index (χ3n) is 2.40. The number of pyridine rings is 1. The van der Waals surface area contributed by atoms with Crippen LogP contribution in [0.2, 0.25) is 0 Å². The molecule has 84 valence electrons. The number of thiophene rings is 1. The number of hydrogen-bond donors (Lipinski definition) is 1. The molecule has 0 aliphatic heterocycles. The van der Waals surface area contributed by atoms with E-state index in [9.17, 15) is 0 Å². The molecule has 2 rings (SSSR count). The van der Waals surface area contributed by atoms with Gasteiger partial charge in [0.15, 0.2) is 0 Å². The molecule has 0 saturated carbocycles. The van der Waals surface area contributed by atoms with E-state index in [0.717, 1.165) is 15.9 Å². The van der Waals surface area contributed by atoms with Crippen LogP contribution in [0.25, 0.3) is 0 Å². The van der Waals surface area contributed by atoms with Gasteiger partial charge in [-0.3, -0.25) is 4.98 Å². The van der Waals surface area contributed by atoms with Crippen LogP contribution in [0.15, 0.2) is 34.1 Å². The molecule has 2 aromatic heterocycles. The molecule has 0 aliphatic carbocycles. The maximum atomic E-state index is 4.56. The molecular weight excluding hydrogens is 284 g/mol. The van der Waals surface area contributed by atoms with Gasteiger partial charge in [-0.05, 0) is 53.5 Å². The van der Waals surface area contributed by atoms with E-state index in [0.29, 0.717) is 0 Å². The second-order valence-corrected chi connectivity index (χ2v) is 5.36. The first-order valence-electron chi connectivity index (χ1n) is 5.06. The fraction of sp³-hybridized carbons (Fsp3) is 0.250. The number of aromatic nitrogens is 1. The molecular formula is C12H13BrN2S. The van der Waals surface area contributed by atoms with Gasteiger partial charge in [0.05, 0.1) is 11.7 Å². The Morgan fingerprint density at radius 2 is 2.19 bits per heavy atom. The van der Waals surface area contributed by atoms with Crippen LogP contribution in [0.1, 0.15) is 22.3 Å². The van der Waals surface area contributed by atoms with Crippen LogP contribution in [0, 0.1) is 6.92 Å². The van der Waals surface area contributed by atoms with Gasteiger partial charge < -0.3 is 5.32 Å². The fourth-order valence-electron chi connectivity index (χ4n) is 1.65. The van der Waals surface area contributed by atoms with Crippen LogP contribution in [-0.2, 0) is 0 Å². The van der Waals surface area contributed by atoms with Crippen molar-refractivity contribution < 1.29 is 0 Å². The Hall–Kier alpha value is -0.710. The van der Waals surface area contributed by atoms with Crippen LogP contribution in [0.4, 0.5) is 0 Å². The lowest BCUT2D eigenvalue weighted by atomic mass is 10.1. The van der Waals surface area contributed by atoms with Gasteiger partial charge in [-0.25, -0.2) is 0 Å². The van der Waals surface area contributed by atoms with Crippen LogP contribution in [-0.4, -0.2) is 12.0 Å². The van der Waals surface area contributed by atoms with Crippen LogP contribution in [0.3, 0.4) is 0 Å². The molecule has 0 saturated heterocycles. The molecule has 16 heavy (non-hydrogen) atoms. The topological polar surface area (TPSA) is 24.9 Å². The maximum absolute atomic E-state index is 4.56. The van der Waals surface area contributed by atoms with Crippen LogP contribution < -0.4 is 5.32 Å². The van der Waals surface area contributed by atoms with E-state index in [1.54, 1.807) is 11.3 Å². The number of nitrogens with zero attached hydrogens (tertiary/aromatic N) is 1. The molecule has 2 nitrogen and oxygen atoms in total. The molecule has 0 bridgehead atoms. The van der Waals surface area contributed by atoms with Crippen molar-refractivity contribution in [2.75, 3.05) is 7.05 Å². The van der Waals surface area contributed by atoms with Crippen LogP contribution in [0.5, 0.6) is 0 Å². The first-order valence-corrected chi connectivity index (χ1v) is 6.73. The Morgan fingerprint density at radius 1 is 1.38 bits per heavy atom. The van der Waals surface area contributed by atoms with Crippen molar-refractivity contribution in [3.05, 3.63) is 50.4 Å². The third kappa shape index (κ3) is 2.34. The summed E-state index contributed by atoms with van der Waals surface area (Å²) in [5.41, 5.74) is 2.11. The van der Waals surface area contributed by atoms with Crippen molar-refractivity contribution in [1.29, 1.82) is 0 Å². The van der Waals surface area contributed by atoms with E-state index in [4.69, 9.17) is 0 Å². The predicted octanol–water partition coefficient (Wildman–Crippen LogP) is 3.52. The first-order chi connectivity index (χ1) is 7.72. The van der Waals surface area contributed by atoms with Crippen molar-refractivity contribution in [2.24, 2.45) is 0 Å². The SMILES string of the molecule is CNC(c1cccc(C)n1)c1sccc1Br. The van der Waals surface area contributed by atoms with Crippen molar-refractivity contribution in [2.45, 2.75) is 13.0 Å². The highest BCUT2D eigenvalue weighted by Crippen LogP contribution is 2.32. The largest absolute Gasteiger partial charge is 0.307 e. The number of rotatable bonds is 3. The summed E-state index contributed by atoms with van der Waals surface area (Å²) in [6.07, 6.45) is 0. The Balaban J connectivity index is 2.40. The first kappa shape index (κ1) is 11.8. The van der Waals surface area contributed by atoms with E-state index in [1.807, 2.05) is 26.1 Å². The van der Waals surface area contributed by atoms with Gasteiger partial charge in [-0.15, -0.1) is 11.3 Å². The van der Waals surface area contributed by atoms with E-state index >= 15 is 0 Å². The highest BCUT2D eigenvalue weighted by Gasteiger charge is 2.17. The maximum Gasteiger partial charge on any atom is 0.0854 e. The Morgan fingerprint density at radius 3 is 2.75 bits per heavy atom. The van der Waals surface area contributed by atoms with E-state index in [-0.39, 0.29) is 6.04 Å². The summed E-state index contributed by atoms with van der Waals surface area (Å²) in [5.74, 6) is 0. The van der Waals surface area contributed by atoms with E-state index in [2.05, 4.69) is 43.7 Å².